The normalized spacial score (nSPS) is 13.3. The number of halogens is 3. The van der Waals surface area contributed by atoms with Crippen molar-refractivity contribution < 1.29 is 13.6 Å². The number of carbonyl (C=O) groups excluding carboxylic acids is 1. The van der Waals surface area contributed by atoms with Gasteiger partial charge in [0.05, 0.1) is 0 Å². The first-order chi connectivity index (χ1) is 7.72. The molecule has 2 nitrogen and oxygen atoms in total. The molecule has 1 aromatic carbocycles. The zero-order chi connectivity index (χ0) is 13.2. The topological polar surface area (TPSA) is 29.1 Å². The number of hydrogen-bond donors (Lipinski definition) is 1. The molecular formula is C12H14ClF2NO. The predicted molar refractivity (Wildman–Crippen MR) is 62.8 cm³/mol. The van der Waals surface area contributed by atoms with Crippen molar-refractivity contribution in [3.8, 4) is 0 Å². The number of carbonyl (C=O) groups is 1. The van der Waals surface area contributed by atoms with Crippen LogP contribution in [0.5, 0.6) is 0 Å². The summed E-state index contributed by atoms with van der Waals surface area (Å²) >= 11 is 5.82. The van der Waals surface area contributed by atoms with Gasteiger partial charge in [-0.1, -0.05) is 12.1 Å². The molecule has 0 aliphatic carbocycles. The lowest BCUT2D eigenvalue weighted by Gasteiger charge is -2.22. The van der Waals surface area contributed by atoms with Crippen LogP contribution in [0.1, 0.15) is 31.7 Å². The largest absolute Gasteiger partial charge is 0.350 e. The lowest BCUT2D eigenvalue weighted by atomic mass is 10.1. The molecule has 5 heteroatoms. The van der Waals surface area contributed by atoms with Crippen molar-refractivity contribution in [1.29, 1.82) is 0 Å². The van der Waals surface area contributed by atoms with E-state index in [1.807, 2.05) is 0 Å². The van der Waals surface area contributed by atoms with E-state index in [1.54, 1.807) is 20.8 Å². The third kappa shape index (κ3) is 3.66. The van der Waals surface area contributed by atoms with Gasteiger partial charge in [0, 0.05) is 11.1 Å². The monoisotopic (exact) mass is 261 g/mol. The van der Waals surface area contributed by atoms with Crippen molar-refractivity contribution in [3.63, 3.8) is 0 Å². The number of alkyl halides is 1. The number of rotatable bonds is 2. The molecule has 17 heavy (non-hydrogen) atoms. The summed E-state index contributed by atoms with van der Waals surface area (Å²) in [6, 6.07) is 3.58. The Morgan fingerprint density at radius 3 is 2.47 bits per heavy atom. The van der Waals surface area contributed by atoms with Crippen LogP contribution >= 0.6 is 11.6 Å². The van der Waals surface area contributed by atoms with Gasteiger partial charge in [-0.25, -0.2) is 8.78 Å². The second-order valence-corrected chi connectivity index (χ2v) is 5.18. The Morgan fingerprint density at radius 2 is 1.94 bits per heavy atom. The SMILES string of the molecule is CC(C)(C)NC(=O)C(Cl)c1cccc(F)c1F. The zero-order valence-electron chi connectivity index (χ0n) is 9.85. The fourth-order valence-electron chi connectivity index (χ4n) is 1.29. The number of hydrogen-bond acceptors (Lipinski definition) is 1. The van der Waals surface area contributed by atoms with E-state index in [4.69, 9.17) is 11.6 Å². The van der Waals surface area contributed by atoms with E-state index in [0.29, 0.717) is 0 Å². The summed E-state index contributed by atoms with van der Waals surface area (Å²) in [6.45, 7) is 5.32. The van der Waals surface area contributed by atoms with E-state index >= 15 is 0 Å². The van der Waals surface area contributed by atoms with Gasteiger partial charge in [-0.05, 0) is 26.8 Å². The standard InChI is InChI=1S/C12H14ClF2NO/c1-12(2,3)16-11(17)9(13)7-5-4-6-8(14)10(7)15/h4-6,9H,1-3H3,(H,16,17). The highest BCUT2D eigenvalue weighted by atomic mass is 35.5. The Hall–Kier alpha value is -1.16. The highest BCUT2D eigenvalue weighted by molar-refractivity contribution is 6.30. The highest BCUT2D eigenvalue weighted by Crippen LogP contribution is 2.25. The molecule has 0 saturated heterocycles. The Balaban J connectivity index is 2.93. The van der Waals surface area contributed by atoms with Gasteiger partial charge in [-0.15, -0.1) is 11.6 Å². The van der Waals surface area contributed by atoms with Crippen molar-refractivity contribution in [2.45, 2.75) is 31.7 Å². The molecule has 1 amide bonds. The van der Waals surface area contributed by atoms with Crippen molar-refractivity contribution in [1.82, 2.24) is 5.32 Å². The summed E-state index contributed by atoms with van der Waals surface area (Å²) in [5.41, 5.74) is -0.637. The van der Waals surface area contributed by atoms with Gasteiger partial charge in [0.25, 0.3) is 0 Å². The maximum absolute atomic E-state index is 13.4. The van der Waals surface area contributed by atoms with Gasteiger partial charge in [0.2, 0.25) is 5.91 Å². The molecule has 0 heterocycles. The molecule has 1 aromatic rings. The number of amides is 1. The minimum absolute atomic E-state index is 0.159. The van der Waals surface area contributed by atoms with E-state index in [9.17, 15) is 13.6 Å². The van der Waals surface area contributed by atoms with Crippen molar-refractivity contribution >= 4 is 17.5 Å². The minimum atomic E-state index is -1.25. The fraction of sp³-hybridized carbons (Fsp3) is 0.417. The zero-order valence-corrected chi connectivity index (χ0v) is 10.6. The Labute approximate surface area is 104 Å². The van der Waals surface area contributed by atoms with Crippen LogP contribution in [0.15, 0.2) is 18.2 Å². The van der Waals surface area contributed by atoms with E-state index in [0.717, 1.165) is 6.07 Å². The molecule has 0 radical (unpaired) electrons. The van der Waals surface area contributed by atoms with E-state index in [-0.39, 0.29) is 5.56 Å². The Morgan fingerprint density at radius 1 is 1.35 bits per heavy atom. The molecular weight excluding hydrogens is 248 g/mol. The van der Waals surface area contributed by atoms with Crippen LogP contribution in [0.25, 0.3) is 0 Å². The molecule has 1 unspecified atom stereocenters. The molecule has 0 spiro atoms. The Kier molecular flexibility index (Phi) is 4.09. The lowest BCUT2D eigenvalue weighted by Crippen LogP contribution is -2.42. The fourth-order valence-corrected chi connectivity index (χ4v) is 1.51. The summed E-state index contributed by atoms with van der Waals surface area (Å²) in [7, 11) is 0. The number of benzene rings is 1. The van der Waals surface area contributed by atoms with Gasteiger partial charge in [0.15, 0.2) is 11.6 Å². The number of nitrogens with one attached hydrogen (secondary N) is 1. The first-order valence-electron chi connectivity index (χ1n) is 5.12. The van der Waals surface area contributed by atoms with Crippen LogP contribution in [0.2, 0.25) is 0 Å². The van der Waals surface area contributed by atoms with Crippen LogP contribution in [0, 0.1) is 11.6 Å². The maximum atomic E-state index is 13.4. The first kappa shape index (κ1) is 13.9. The molecule has 0 aliphatic heterocycles. The third-order valence-electron chi connectivity index (χ3n) is 1.98. The summed E-state index contributed by atoms with van der Waals surface area (Å²) in [5, 5.41) is 1.36. The van der Waals surface area contributed by atoms with Crippen LogP contribution in [0.4, 0.5) is 8.78 Å². The van der Waals surface area contributed by atoms with E-state index in [2.05, 4.69) is 5.32 Å². The quantitative estimate of drug-likeness (QED) is 0.814. The lowest BCUT2D eigenvalue weighted by molar-refractivity contribution is -0.122. The van der Waals surface area contributed by atoms with Crippen molar-refractivity contribution in [2.75, 3.05) is 0 Å². The minimum Gasteiger partial charge on any atom is -0.350 e. The van der Waals surface area contributed by atoms with Crippen molar-refractivity contribution in [2.24, 2.45) is 0 Å². The second kappa shape index (κ2) is 5.00. The van der Waals surface area contributed by atoms with Gasteiger partial charge < -0.3 is 5.32 Å². The van der Waals surface area contributed by atoms with Crippen LogP contribution in [0.3, 0.4) is 0 Å². The van der Waals surface area contributed by atoms with Crippen LogP contribution in [-0.2, 0) is 4.79 Å². The molecule has 0 aromatic heterocycles. The molecule has 0 aliphatic rings. The van der Waals surface area contributed by atoms with Gasteiger partial charge >= 0.3 is 0 Å². The smallest absolute Gasteiger partial charge is 0.243 e. The molecule has 1 rings (SSSR count). The van der Waals surface area contributed by atoms with E-state index < -0.39 is 28.5 Å². The molecule has 1 atom stereocenters. The molecule has 0 fully saturated rings. The highest BCUT2D eigenvalue weighted by Gasteiger charge is 2.25. The maximum Gasteiger partial charge on any atom is 0.243 e. The summed E-state index contributed by atoms with van der Waals surface area (Å²) in [4.78, 5) is 11.7. The Bertz CT molecular complexity index is 429. The molecule has 1 N–H and O–H groups in total. The average molecular weight is 262 g/mol. The van der Waals surface area contributed by atoms with Gasteiger partial charge in [0.1, 0.15) is 5.38 Å². The van der Waals surface area contributed by atoms with Gasteiger partial charge in [-0.3, -0.25) is 4.79 Å². The third-order valence-corrected chi connectivity index (χ3v) is 2.42. The van der Waals surface area contributed by atoms with Crippen LogP contribution in [-0.4, -0.2) is 11.4 Å². The van der Waals surface area contributed by atoms with E-state index in [1.165, 1.54) is 12.1 Å². The molecule has 0 saturated carbocycles. The first-order valence-corrected chi connectivity index (χ1v) is 5.56. The van der Waals surface area contributed by atoms with Crippen molar-refractivity contribution in [3.05, 3.63) is 35.4 Å². The second-order valence-electron chi connectivity index (χ2n) is 4.74. The van der Waals surface area contributed by atoms with Gasteiger partial charge in [-0.2, -0.15) is 0 Å². The molecule has 0 bridgehead atoms. The average Bonchev–Trinajstić information content (AvgIpc) is 2.18. The predicted octanol–water partition coefficient (Wildman–Crippen LogP) is 3.16. The summed E-state index contributed by atoms with van der Waals surface area (Å²) in [6.07, 6.45) is 0. The molecule has 94 valence electrons. The van der Waals surface area contributed by atoms with Crippen LogP contribution < -0.4 is 5.32 Å². The summed E-state index contributed by atoms with van der Waals surface area (Å²) < 4.78 is 26.4. The summed E-state index contributed by atoms with van der Waals surface area (Å²) in [5.74, 6) is -2.66.